The summed E-state index contributed by atoms with van der Waals surface area (Å²) < 4.78 is 4.95. The van der Waals surface area contributed by atoms with Crippen molar-refractivity contribution in [2.75, 3.05) is 0 Å². The van der Waals surface area contributed by atoms with Crippen molar-refractivity contribution in [2.45, 2.75) is 6.54 Å². The van der Waals surface area contributed by atoms with E-state index >= 15 is 0 Å². The van der Waals surface area contributed by atoms with Crippen LogP contribution in [0.2, 0.25) is 5.22 Å². The van der Waals surface area contributed by atoms with Gasteiger partial charge in [-0.3, -0.25) is 4.79 Å². The van der Waals surface area contributed by atoms with Crippen molar-refractivity contribution in [2.24, 2.45) is 0 Å². The van der Waals surface area contributed by atoms with Gasteiger partial charge in [-0.05, 0) is 35.9 Å². The van der Waals surface area contributed by atoms with E-state index in [1.165, 1.54) is 12.1 Å². The van der Waals surface area contributed by atoms with E-state index < -0.39 is 0 Å². The number of hydrogen-bond acceptors (Lipinski definition) is 4. The molecule has 16 heavy (non-hydrogen) atoms. The molecule has 0 unspecified atom stereocenters. The maximum Gasteiger partial charge on any atom is 0.287 e. The van der Waals surface area contributed by atoms with Crippen LogP contribution in [-0.4, -0.2) is 16.1 Å². The normalized spacial score (nSPS) is 10.1. The predicted octanol–water partition coefficient (Wildman–Crippen LogP) is 1.65. The number of nitrogens with zero attached hydrogens (tertiary/aromatic N) is 2. The van der Waals surface area contributed by atoms with Crippen molar-refractivity contribution in [3.63, 3.8) is 0 Å². The fraction of sp³-hybridized carbons (Fsp3) is 0.100. The molecule has 0 aliphatic rings. The fourth-order valence-corrected chi connectivity index (χ4v) is 1.27. The van der Waals surface area contributed by atoms with Crippen LogP contribution in [0.3, 0.4) is 0 Å². The molecule has 0 aliphatic heterocycles. The van der Waals surface area contributed by atoms with Crippen LogP contribution in [0.15, 0.2) is 34.9 Å². The van der Waals surface area contributed by atoms with Crippen LogP contribution in [0.4, 0.5) is 0 Å². The summed E-state index contributed by atoms with van der Waals surface area (Å²) in [5, 5.41) is 10.3. The molecule has 82 valence electrons. The van der Waals surface area contributed by atoms with E-state index in [1.54, 1.807) is 18.3 Å². The summed E-state index contributed by atoms with van der Waals surface area (Å²) in [4.78, 5) is 11.5. The zero-order chi connectivity index (χ0) is 11.4. The number of nitrogens with one attached hydrogen (secondary N) is 1. The van der Waals surface area contributed by atoms with Crippen molar-refractivity contribution >= 4 is 17.5 Å². The molecule has 0 aliphatic carbocycles. The lowest BCUT2D eigenvalue weighted by Gasteiger charge is -2.00. The molecule has 0 radical (unpaired) electrons. The van der Waals surface area contributed by atoms with Crippen molar-refractivity contribution in [3.05, 3.63) is 47.1 Å². The third kappa shape index (κ3) is 2.58. The van der Waals surface area contributed by atoms with Gasteiger partial charge in [0.1, 0.15) is 0 Å². The Labute approximate surface area is 96.4 Å². The summed E-state index contributed by atoms with van der Waals surface area (Å²) in [6, 6.07) is 6.54. The predicted molar refractivity (Wildman–Crippen MR) is 56.9 cm³/mol. The van der Waals surface area contributed by atoms with Crippen molar-refractivity contribution < 1.29 is 9.21 Å². The van der Waals surface area contributed by atoms with E-state index in [9.17, 15) is 4.79 Å². The van der Waals surface area contributed by atoms with Crippen LogP contribution >= 0.6 is 11.6 Å². The number of rotatable bonds is 3. The first-order valence-electron chi connectivity index (χ1n) is 4.56. The largest absolute Gasteiger partial charge is 0.440 e. The summed E-state index contributed by atoms with van der Waals surface area (Å²) in [7, 11) is 0. The Morgan fingerprint density at radius 2 is 2.31 bits per heavy atom. The van der Waals surface area contributed by atoms with Crippen molar-refractivity contribution in [3.8, 4) is 0 Å². The number of furan rings is 1. The number of carbonyl (C=O) groups excluding carboxylic acids is 1. The van der Waals surface area contributed by atoms with Gasteiger partial charge in [0.2, 0.25) is 0 Å². The molecule has 2 rings (SSSR count). The van der Waals surface area contributed by atoms with E-state index in [4.69, 9.17) is 16.0 Å². The van der Waals surface area contributed by atoms with Gasteiger partial charge in [0.25, 0.3) is 5.91 Å². The quantitative estimate of drug-likeness (QED) is 0.882. The second-order valence-corrected chi connectivity index (χ2v) is 3.37. The Hall–Kier alpha value is -1.88. The summed E-state index contributed by atoms with van der Waals surface area (Å²) in [6.45, 7) is 0.297. The molecule has 5 nitrogen and oxygen atoms in total. The van der Waals surface area contributed by atoms with Gasteiger partial charge in [-0.25, -0.2) is 0 Å². The van der Waals surface area contributed by atoms with Gasteiger partial charge in [-0.1, -0.05) is 0 Å². The highest BCUT2D eigenvalue weighted by molar-refractivity contribution is 6.29. The SMILES string of the molecule is O=C(NCc1cccnn1)c1ccc(Cl)o1. The minimum Gasteiger partial charge on any atom is -0.440 e. The third-order valence-electron chi connectivity index (χ3n) is 1.85. The lowest BCUT2D eigenvalue weighted by molar-refractivity contribution is 0.0922. The lowest BCUT2D eigenvalue weighted by Crippen LogP contribution is -2.22. The molecular formula is C10H8ClN3O2. The summed E-state index contributed by atoms with van der Waals surface area (Å²) in [5.41, 5.74) is 0.675. The molecule has 2 aromatic heterocycles. The number of carbonyl (C=O) groups is 1. The highest BCUT2D eigenvalue weighted by atomic mass is 35.5. The number of hydrogen-bond donors (Lipinski definition) is 1. The second kappa shape index (κ2) is 4.76. The molecule has 6 heteroatoms. The first kappa shape index (κ1) is 10.6. The Balaban J connectivity index is 1.94. The zero-order valence-corrected chi connectivity index (χ0v) is 8.94. The van der Waals surface area contributed by atoms with Gasteiger partial charge in [-0.2, -0.15) is 10.2 Å². The number of aromatic nitrogens is 2. The average Bonchev–Trinajstić information content (AvgIpc) is 2.74. The molecule has 0 aromatic carbocycles. The molecule has 0 saturated carbocycles. The van der Waals surface area contributed by atoms with Gasteiger partial charge in [0.05, 0.1) is 12.2 Å². The van der Waals surface area contributed by atoms with Gasteiger partial charge >= 0.3 is 0 Å². The van der Waals surface area contributed by atoms with Crippen LogP contribution in [0.25, 0.3) is 0 Å². The Kier molecular flexibility index (Phi) is 3.16. The minimum absolute atomic E-state index is 0.175. The van der Waals surface area contributed by atoms with E-state index in [0.717, 1.165) is 0 Å². The second-order valence-electron chi connectivity index (χ2n) is 3.00. The highest BCUT2D eigenvalue weighted by Crippen LogP contribution is 2.12. The fourth-order valence-electron chi connectivity index (χ4n) is 1.12. The summed E-state index contributed by atoms with van der Waals surface area (Å²) >= 11 is 5.55. The standard InChI is InChI=1S/C10H8ClN3O2/c11-9-4-3-8(16-9)10(15)12-6-7-2-1-5-13-14-7/h1-5H,6H2,(H,12,15). The number of amides is 1. The van der Waals surface area contributed by atoms with Crippen LogP contribution in [0.5, 0.6) is 0 Å². The molecule has 0 atom stereocenters. The highest BCUT2D eigenvalue weighted by Gasteiger charge is 2.09. The maximum atomic E-state index is 11.5. The van der Waals surface area contributed by atoms with E-state index in [2.05, 4.69) is 15.5 Å². The number of halogens is 1. The maximum absolute atomic E-state index is 11.5. The van der Waals surface area contributed by atoms with Crippen LogP contribution in [0, 0.1) is 0 Å². The molecule has 0 spiro atoms. The first-order chi connectivity index (χ1) is 7.75. The minimum atomic E-state index is -0.336. The Bertz CT molecular complexity index is 484. The van der Waals surface area contributed by atoms with Crippen LogP contribution in [-0.2, 0) is 6.54 Å². The molecular weight excluding hydrogens is 230 g/mol. The monoisotopic (exact) mass is 237 g/mol. The van der Waals surface area contributed by atoms with Gasteiger partial charge in [0, 0.05) is 6.20 Å². The van der Waals surface area contributed by atoms with Crippen molar-refractivity contribution in [1.82, 2.24) is 15.5 Å². The summed E-state index contributed by atoms with van der Waals surface area (Å²) in [6.07, 6.45) is 1.57. The lowest BCUT2D eigenvalue weighted by atomic mass is 10.3. The van der Waals surface area contributed by atoms with E-state index in [-0.39, 0.29) is 16.9 Å². The van der Waals surface area contributed by atoms with Gasteiger partial charge < -0.3 is 9.73 Å². The summed E-state index contributed by atoms with van der Waals surface area (Å²) in [5.74, 6) is -0.161. The molecule has 1 amide bonds. The van der Waals surface area contributed by atoms with Crippen LogP contribution in [0.1, 0.15) is 16.2 Å². The smallest absolute Gasteiger partial charge is 0.287 e. The molecule has 1 N–H and O–H groups in total. The Morgan fingerprint density at radius 3 is 2.94 bits per heavy atom. The molecule has 2 aromatic rings. The topological polar surface area (TPSA) is 68.0 Å². The first-order valence-corrected chi connectivity index (χ1v) is 4.93. The van der Waals surface area contributed by atoms with Gasteiger partial charge in [0.15, 0.2) is 11.0 Å². The molecule has 0 saturated heterocycles. The third-order valence-corrected chi connectivity index (χ3v) is 2.06. The van der Waals surface area contributed by atoms with E-state index in [0.29, 0.717) is 12.2 Å². The zero-order valence-electron chi connectivity index (χ0n) is 8.18. The van der Waals surface area contributed by atoms with Crippen LogP contribution < -0.4 is 5.32 Å². The van der Waals surface area contributed by atoms with E-state index in [1.807, 2.05) is 0 Å². The molecule has 0 bridgehead atoms. The molecule has 0 fully saturated rings. The average molecular weight is 238 g/mol. The Morgan fingerprint density at radius 1 is 1.44 bits per heavy atom. The van der Waals surface area contributed by atoms with Gasteiger partial charge in [-0.15, -0.1) is 0 Å². The van der Waals surface area contributed by atoms with Crippen molar-refractivity contribution in [1.29, 1.82) is 0 Å². The molecule has 2 heterocycles.